The van der Waals surface area contributed by atoms with Crippen molar-refractivity contribution in [1.82, 2.24) is 15.0 Å². The molecule has 0 bridgehead atoms. The summed E-state index contributed by atoms with van der Waals surface area (Å²) in [4.78, 5) is 12.9. The molecule has 114 valence electrons. The van der Waals surface area contributed by atoms with Crippen LogP contribution in [0.5, 0.6) is 6.01 Å². The van der Waals surface area contributed by atoms with Gasteiger partial charge in [0.2, 0.25) is 11.9 Å². The highest BCUT2D eigenvalue weighted by Gasteiger charge is 2.14. The Kier molecular flexibility index (Phi) is 6.48. The van der Waals surface area contributed by atoms with Gasteiger partial charge in [0.15, 0.2) is 0 Å². The summed E-state index contributed by atoms with van der Waals surface area (Å²) in [6.45, 7) is 13.2. The summed E-state index contributed by atoms with van der Waals surface area (Å²) in [5.74, 6) is 1.64. The number of ether oxygens (including phenoxy) is 1. The fourth-order valence-electron chi connectivity index (χ4n) is 1.62. The summed E-state index contributed by atoms with van der Waals surface area (Å²) in [5.41, 5.74) is 0. The molecule has 0 aliphatic rings. The molecule has 20 heavy (non-hydrogen) atoms. The molecular formula is C14H27N5O. The lowest BCUT2D eigenvalue weighted by atomic mass is 10.0. The van der Waals surface area contributed by atoms with E-state index in [-0.39, 0.29) is 6.10 Å². The maximum atomic E-state index is 5.57. The molecule has 0 spiro atoms. The van der Waals surface area contributed by atoms with Crippen molar-refractivity contribution in [3.05, 3.63) is 0 Å². The Morgan fingerprint density at radius 2 is 1.65 bits per heavy atom. The molecule has 0 aromatic carbocycles. The maximum Gasteiger partial charge on any atom is 0.323 e. The topological polar surface area (TPSA) is 72.0 Å². The molecule has 1 aromatic rings. The van der Waals surface area contributed by atoms with E-state index in [1.807, 2.05) is 20.8 Å². The first kappa shape index (κ1) is 16.5. The highest BCUT2D eigenvalue weighted by atomic mass is 16.5. The van der Waals surface area contributed by atoms with E-state index in [9.17, 15) is 0 Å². The maximum absolute atomic E-state index is 5.57. The number of nitrogens with zero attached hydrogens (tertiary/aromatic N) is 3. The minimum atomic E-state index is 0.0340. The smallest absolute Gasteiger partial charge is 0.323 e. The van der Waals surface area contributed by atoms with Gasteiger partial charge in [-0.25, -0.2) is 0 Å². The number of hydrogen-bond donors (Lipinski definition) is 2. The predicted octanol–water partition coefficient (Wildman–Crippen LogP) is 2.94. The molecule has 2 N–H and O–H groups in total. The second-order valence-corrected chi connectivity index (χ2v) is 5.28. The Morgan fingerprint density at radius 3 is 2.20 bits per heavy atom. The van der Waals surface area contributed by atoms with Crippen LogP contribution in [-0.4, -0.2) is 33.6 Å². The molecular weight excluding hydrogens is 254 g/mol. The Labute approximate surface area is 121 Å². The van der Waals surface area contributed by atoms with Gasteiger partial charge >= 0.3 is 6.01 Å². The molecule has 6 nitrogen and oxygen atoms in total. The Bertz CT molecular complexity index is 411. The fraction of sp³-hybridized carbons (Fsp3) is 0.786. The van der Waals surface area contributed by atoms with Gasteiger partial charge in [-0.3, -0.25) is 0 Å². The van der Waals surface area contributed by atoms with E-state index in [4.69, 9.17) is 4.74 Å². The van der Waals surface area contributed by atoms with E-state index >= 15 is 0 Å². The van der Waals surface area contributed by atoms with E-state index < -0.39 is 0 Å². The molecule has 0 saturated carbocycles. The van der Waals surface area contributed by atoms with Crippen molar-refractivity contribution < 1.29 is 4.74 Å². The molecule has 1 rings (SSSR count). The van der Waals surface area contributed by atoms with Gasteiger partial charge in [0.1, 0.15) is 0 Å². The Hall–Kier alpha value is -1.59. The zero-order valence-electron chi connectivity index (χ0n) is 13.4. The van der Waals surface area contributed by atoms with Crippen molar-refractivity contribution in [2.24, 2.45) is 5.92 Å². The summed E-state index contributed by atoms with van der Waals surface area (Å²) in [6.07, 6.45) is 1.14. The van der Waals surface area contributed by atoms with Crippen LogP contribution in [0.2, 0.25) is 0 Å². The lowest BCUT2D eigenvalue weighted by Gasteiger charge is -2.20. The standard InChI is InChI=1S/C14H27N5O/c1-7-10(5)11(6)16-13-17-12(15-8-2)18-14(19-13)20-9(3)4/h9-11H,7-8H2,1-6H3,(H2,15,16,17,18,19). The van der Waals surface area contributed by atoms with Crippen LogP contribution in [-0.2, 0) is 0 Å². The average molecular weight is 281 g/mol. The van der Waals surface area contributed by atoms with Gasteiger partial charge in [-0.05, 0) is 33.6 Å². The van der Waals surface area contributed by atoms with Crippen molar-refractivity contribution in [2.45, 2.75) is 60.1 Å². The van der Waals surface area contributed by atoms with Gasteiger partial charge in [0.25, 0.3) is 0 Å². The first-order valence-electron chi connectivity index (χ1n) is 7.39. The molecule has 1 heterocycles. The molecule has 0 aliphatic carbocycles. The molecule has 6 heteroatoms. The van der Waals surface area contributed by atoms with Gasteiger partial charge in [-0.2, -0.15) is 15.0 Å². The quantitative estimate of drug-likeness (QED) is 0.763. The van der Waals surface area contributed by atoms with E-state index in [0.29, 0.717) is 29.9 Å². The third kappa shape index (κ3) is 5.19. The number of rotatable bonds is 8. The summed E-state index contributed by atoms with van der Waals surface area (Å²) in [5, 5.41) is 6.42. The number of aromatic nitrogens is 3. The molecule has 0 saturated heterocycles. The Balaban J connectivity index is 2.90. The second kappa shape index (κ2) is 7.87. The first-order valence-corrected chi connectivity index (χ1v) is 7.39. The van der Waals surface area contributed by atoms with Crippen molar-refractivity contribution in [1.29, 1.82) is 0 Å². The highest BCUT2D eigenvalue weighted by molar-refractivity contribution is 5.36. The van der Waals surface area contributed by atoms with Crippen LogP contribution in [0, 0.1) is 5.92 Å². The zero-order valence-corrected chi connectivity index (χ0v) is 13.4. The van der Waals surface area contributed by atoms with Crippen molar-refractivity contribution >= 4 is 11.9 Å². The average Bonchev–Trinajstić information content (AvgIpc) is 2.36. The molecule has 0 radical (unpaired) electrons. The molecule has 0 fully saturated rings. The summed E-state index contributed by atoms with van der Waals surface area (Å²) in [6, 6.07) is 0.647. The van der Waals surface area contributed by atoms with Gasteiger partial charge in [-0.15, -0.1) is 0 Å². The van der Waals surface area contributed by atoms with E-state index in [0.717, 1.165) is 13.0 Å². The largest absolute Gasteiger partial charge is 0.461 e. The van der Waals surface area contributed by atoms with Crippen LogP contribution in [0.25, 0.3) is 0 Å². The van der Waals surface area contributed by atoms with E-state index in [1.165, 1.54) is 0 Å². The SMILES string of the molecule is CCNc1nc(NC(C)C(C)CC)nc(OC(C)C)n1. The normalized spacial score (nSPS) is 13.9. The van der Waals surface area contributed by atoms with Crippen LogP contribution in [0.3, 0.4) is 0 Å². The predicted molar refractivity (Wildman–Crippen MR) is 82.3 cm³/mol. The van der Waals surface area contributed by atoms with Crippen LogP contribution in [0.4, 0.5) is 11.9 Å². The summed E-state index contributed by atoms with van der Waals surface area (Å²) >= 11 is 0. The molecule has 0 aliphatic heterocycles. The third-order valence-corrected chi connectivity index (χ3v) is 3.15. The van der Waals surface area contributed by atoms with Crippen molar-refractivity contribution in [2.75, 3.05) is 17.2 Å². The van der Waals surface area contributed by atoms with Gasteiger partial charge in [0, 0.05) is 12.6 Å². The zero-order chi connectivity index (χ0) is 15.1. The molecule has 0 amide bonds. The van der Waals surface area contributed by atoms with Gasteiger partial charge in [0.05, 0.1) is 6.10 Å². The van der Waals surface area contributed by atoms with Crippen molar-refractivity contribution in [3.8, 4) is 6.01 Å². The minimum absolute atomic E-state index is 0.0340. The van der Waals surface area contributed by atoms with Crippen LogP contribution < -0.4 is 15.4 Å². The molecule has 2 unspecified atom stereocenters. The highest BCUT2D eigenvalue weighted by Crippen LogP contribution is 2.16. The summed E-state index contributed by atoms with van der Waals surface area (Å²) < 4.78 is 5.57. The number of hydrogen-bond acceptors (Lipinski definition) is 6. The van der Waals surface area contributed by atoms with Crippen LogP contribution in [0.15, 0.2) is 0 Å². The molecule has 2 atom stereocenters. The summed E-state index contributed by atoms with van der Waals surface area (Å²) in [7, 11) is 0. The fourth-order valence-corrected chi connectivity index (χ4v) is 1.62. The number of anilines is 2. The van der Waals surface area contributed by atoms with Crippen molar-refractivity contribution in [3.63, 3.8) is 0 Å². The van der Waals surface area contributed by atoms with Gasteiger partial charge in [-0.1, -0.05) is 20.3 Å². The van der Waals surface area contributed by atoms with Crippen LogP contribution in [0.1, 0.15) is 48.0 Å². The lowest BCUT2D eigenvalue weighted by Crippen LogP contribution is -2.25. The first-order chi connectivity index (χ1) is 9.46. The minimum Gasteiger partial charge on any atom is -0.461 e. The van der Waals surface area contributed by atoms with E-state index in [2.05, 4.69) is 46.4 Å². The second-order valence-electron chi connectivity index (χ2n) is 5.28. The molecule has 1 aromatic heterocycles. The van der Waals surface area contributed by atoms with Crippen LogP contribution >= 0.6 is 0 Å². The Morgan fingerprint density at radius 1 is 1.00 bits per heavy atom. The lowest BCUT2D eigenvalue weighted by molar-refractivity contribution is 0.222. The van der Waals surface area contributed by atoms with Gasteiger partial charge < -0.3 is 15.4 Å². The van der Waals surface area contributed by atoms with E-state index in [1.54, 1.807) is 0 Å². The monoisotopic (exact) mass is 281 g/mol. The third-order valence-electron chi connectivity index (χ3n) is 3.15. The number of nitrogens with one attached hydrogen (secondary N) is 2.